The van der Waals surface area contributed by atoms with E-state index in [-0.39, 0.29) is 5.71 Å². The van der Waals surface area contributed by atoms with Gasteiger partial charge < -0.3 is 10.3 Å². The summed E-state index contributed by atoms with van der Waals surface area (Å²) in [6, 6.07) is 6.04. The largest absolute Gasteiger partial charge is 0.460 e. The molecule has 0 spiro atoms. The van der Waals surface area contributed by atoms with E-state index >= 15 is 0 Å². The fraction of sp³-hybridized carbons (Fsp3) is 0.385. The summed E-state index contributed by atoms with van der Waals surface area (Å²) in [5.41, 5.74) is 12.3. The van der Waals surface area contributed by atoms with Crippen LogP contribution < -0.4 is 0 Å². The van der Waals surface area contributed by atoms with Crippen molar-refractivity contribution < 1.29 is 14.3 Å². The second-order valence-corrected chi connectivity index (χ2v) is 3.91. The first-order valence-electron chi connectivity index (χ1n) is 5.44. The number of ether oxygens (including phenoxy) is 1. The molecule has 0 aliphatic heterocycles. The zero-order valence-electron chi connectivity index (χ0n) is 10.4. The van der Waals surface area contributed by atoms with Gasteiger partial charge in [-0.3, -0.25) is 0 Å². The number of aryl methyl sites for hydroxylation is 2. The van der Waals surface area contributed by atoms with Gasteiger partial charge in [0.05, 0.1) is 13.5 Å². The van der Waals surface area contributed by atoms with Crippen LogP contribution in [0.1, 0.15) is 23.1 Å². The Hall–Kier alpha value is -1.93. The Kier molecular flexibility index (Phi) is 4.61. The molecule has 17 heavy (non-hydrogen) atoms. The van der Waals surface area contributed by atoms with E-state index in [1.165, 1.54) is 23.8 Å². The van der Waals surface area contributed by atoms with E-state index in [2.05, 4.69) is 9.53 Å². The van der Waals surface area contributed by atoms with Crippen LogP contribution in [0.25, 0.3) is 5.53 Å². The molecule has 0 atom stereocenters. The number of nitrogens with zero attached hydrogens (tertiary/aromatic N) is 2. The van der Waals surface area contributed by atoms with Crippen molar-refractivity contribution in [3.8, 4) is 0 Å². The third kappa shape index (κ3) is 3.26. The predicted molar refractivity (Wildman–Crippen MR) is 64.9 cm³/mol. The molecule has 0 radical (unpaired) electrons. The quantitative estimate of drug-likeness (QED) is 0.345. The molecule has 0 saturated heterocycles. The molecule has 0 N–H and O–H groups in total. The molecule has 1 aromatic rings. The summed E-state index contributed by atoms with van der Waals surface area (Å²) in [6.07, 6.45) is 1.03. The average Bonchev–Trinajstić information content (AvgIpc) is 2.32. The van der Waals surface area contributed by atoms with Crippen molar-refractivity contribution in [2.75, 3.05) is 7.11 Å². The molecule has 1 aromatic carbocycles. The van der Waals surface area contributed by atoms with E-state index < -0.39 is 5.97 Å². The van der Waals surface area contributed by atoms with Crippen molar-refractivity contribution >= 4 is 11.7 Å². The second kappa shape index (κ2) is 5.97. The summed E-state index contributed by atoms with van der Waals surface area (Å²) in [5.74, 6) is -0.585. The third-order valence-corrected chi connectivity index (χ3v) is 2.80. The summed E-state index contributed by atoms with van der Waals surface area (Å²) >= 11 is 0. The highest BCUT2D eigenvalue weighted by atomic mass is 16.5. The van der Waals surface area contributed by atoms with Crippen LogP contribution in [0, 0.1) is 13.8 Å². The maximum Gasteiger partial charge on any atom is 0.416 e. The Balaban J connectivity index is 2.80. The van der Waals surface area contributed by atoms with Crippen molar-refractivity contribution in [2.24, 2.45) is 0 Å². The molecule has 0 saturated carbocycles. The van der Waals surface area contributed by atoms with Crippen LogP contribution in [0.5, 0.6) is 0 Å². The van der Waals surface area contributed by atoms with Gasteiger partial charge in [-0.05, 0) is 37.0 Å². The molecule has 0 amide bonds. The Bertz CT molecular complexity index is 454. The first-order chi connectivity index (χ1) is 8.10. The van der Waals surface area contributed by atoms with Crippen LogP contribution in [0.15, 0.2) is 18.2 Å². The topological polar surface area (TPSA) is 62.7 Å². The van der Waals surface area contributed by atoms with Gasteiger partial charge >= 0.3 is 11.7 Å². The SMILES string of the molecule is COC(=O)C(CCc1c(C)cccc1C)=[N+]=[N-]. The fourth-order valence-electron chi connectivity index (χ4n) is 1.80. The maximum atomic E-state index is 11.2. The highest BCUT2D eigenvalue weighted by Crippen LogP contribution is 2.15. The van der Waals surface area contributed by atoms with Gasteiger partial charge in [0.2, 0.25) is 0 Å². The van der Waals surface area contributed by atoms with Gasteiger partial charge in [0, 0.05) is 0 Å². The van der Waals surface area contributed by atoms with Crippen molar-refractivity contribution in [1.82, 2.24) is 0 Å². The van der Waals surface area contributed by atoms with Crippen LogP contribution in [0.3, 0.4) is 0 Å². The lowest BCUT2D eigenvalue weighted by atomic mass is 9.97. The summed E-state index contributed by atoms with van der Waals surface area (Å²) in [7, 11) is 1.27. The number of esters is 1. The summed E-state index contributed by atoms with van der Waals surface area (Å²) in [6.45, 7) is 4.05. The van der Waals surface area contributed by atoms with Crippen LogP contribution in [0.2, 0.25) is 0 Å². The van der Waals surface area contributed by atoms with Gasteiger partial charge in [-0.1, -0.05) is 18.2 Å². The van der Waals surface area contributed by atoms with Crippen LogP contribution >= 0.6 is 0 Å². The Labute approximate surface area is 101 Å². The van der Waals surface area contributed by atoms with Gasteiger partial charge in [-0.25, -0.2) is 4.79 Å². The first kappa shape index (κ1) is 13.1. The highest BCUT2D eigenvalue weighted by Gasteiger charge is 2.20. The summed E-state index contributed by atoms with van der Waals surface area (Å²) < 4.78 is 4.52. The van der Waals surface area contributed by atoms with Gasteiger partial charge in [0.15, 0.2) is 0 Å². The van der Waals surface area contributed by atoms with E-state index in [1.54, 1.807) is 0 Å². The van der Waals surface area contributed by atoms with Crippen LogP contribution in [0.4, 0.5) is 0 Å². The molecule has 0 aliphatic rings. The number of benzene rings is 1. The first-order valence-corrected chi connectivity index (χ1v) is 5.44. The van der Waals surface area contributed by atoms with Gasteiger partial charge in [-0.15, -0.1) is 0 Å². The second-order valence-electron chi connectivity index (χ2n) is 3.91. The summed E-state index contributed by atoms with van der Waals surface area (Å²) in [5, 5.41) is 0. The zero-order valence-corrected chi connectivity index (χ0v) is 10.4. The standard InChI is InChI=1S/C13H16N2O2/c1-9-5-4-6-10(2)11(9)7-8-12(15-14)13(16)17-3/h4-6H,7-8H2,1-3H3. The third-order valence-electron chi connectivity index (χ3n) is 2.80. The normalized spacial score (nSPS) is 9.59. The Morgan fingerprint density at radius 3 is 2.41 bits per heavy atom. The number of carbonyl (C=O) groups excluding carboxylic acids is 1. The molecule has 1 rings (SSSR count). The zero-order chi connectivity index (χ0) is 12.8. The highest BCUT2D eigenvalue weighted by molar-refractivity contribution is 6.33. The molecule has 4 heteroatoms. The number of hydrogen-bond donors (Lipinski definition) is 0. The molecular formula is C13H16N2O2. The Morgan fingerprint density at radius 1 is 1.35 bits per heavy atom. The van der Waals surface area contributed by atoms with Crippen molar-refractivity contribution in [2.45, 2.75) is 26.7 Å². The minimum absolute atomic E-state index is 0.0511. The lowest BCUT2D eigenvalue weighted by Gasteiger charge is -2.07. The number of methoxy groups -OCH3 is 1. The summed E-state index contributed by atoms with van der Waals surface area (Å²) in [4.78, 5) is 14.2. The van der Waals surface area contributed by atoms with Crippen molar-refractivity contribution in [1.29, 1.82) is 0 Å². The smallest absolute Gasteiger partial charge is 0.416 e. The van der Waals surface area contributed by atoms with Crippen LogP contribution in [-0.4, -0.2) is 23.6 Å². The maximum absolute atomic E-state index is 11.2. The number of rotatable bonds is 4. The van der Waals surface area contributed by atoms with E-state index in [9.17, 15) is 4.79 Å². The molecule has 0 unspecified atom stereocenters. The average molecular weight is 232 g/mol. The lowest BCUT2D eigenvalue weighted by molar-refractivity contribution is -0.137. The minimum atomic E-state index is -0.585. The minimum Gasteiger partial charge on any atom is -0.460 e. The fourth-order valence-corrected chi connectivity index (χ4v) is 1.80. The molecule has 0 bridgehead atoms. The molecule has 0 fully saturated rings. The number of hydrogen-bond acceptors (Lipinski definition) is 2. The number of carbonyl (C=O) groups is 1. The van der Waals surface area contributed by atoms with E-state index in [1.807, 2.05) is 32.0 Å². The van der Waals surface area contributed by atoms with Crippen LogP contribution in [-0.2, 0) is 16.0 Å². The molecule has 0 aliphatic carbocycles. The van der Waals surface area contributed by atoms with E-state index in [0.29, 0.717) is 12.8 Å². The van der Waals surface area contributed by atoms with Gasteiger partial charge in [0.1, 0.15) is 0 Å². The van der Waals surface area contributed by atoms with E-state index in [4.69, 9.17) is 5.53 Å². The molecular weight excluding hydrogens is 216 g/mol. The Morgan fingerprint density at radius 2 is 1.94 bits per heavy atom. The lowest BCUT2D eigenvalue weighted by Crippen LogP contribution is -2.18. The molecule has 0 aromatic heterocycles. The molecule has 90 valence electrons. The van der Waals surface area contributed by atoms with Gasteiger partial charge in [-0.2, -0.15) is 4.79 Å². The monoisotopic (exact) mass is 232 g/mol. The van der Waals surface area contributed by atoms with E-state index in [0.717, 1.165) is 0 Å². The molecule has 4 nitrogen and oxygen atoms in total. The van der Waals surface area contributed by atoms with Crippen molar-refractivity contribution in [3.63, 3.8) is 0 Å². The van der Waals surface area contributed by atoms with Gasteiger partial charge in [0.25, 0.3) is 0 Å². The van der Waals surface area contributed by atoms with Crippen molar-refractivity contribution in [3.05, 3.63) is 40.4 Å². The predicted octanol–water partition coefficient (Wildman–Crippen LogP) is 2.08. The molecule has 0 heterocycles.